The Morgan fingerprint density at radius 1 is 1.19 bits per heavy atom. The van der Waals surface area contributed by atoms with E-state index in [1.807, 2.05) is 0 Å². The SMILES string of the molecule is O=S1CCc2nc(N3CCC(C4=Nc5ccccc5C4)CC3)nc(NC3(CO)CC3)c21. The summed E-state index contributed by atoms with van der Waals surface area (Å²) < 4.78 is 12.6. The number of rotatable bonds is 5. The van der Waals surface area contributed by atoms with Crippen molar-refractivity contribution in [3.8, 4) is 0 Å². The first-order chi connectivity index (χ1) is 15.1. The van der Waals surface area contributed by atoms with Crippen LogP contribution in [0.2, 0.25) is 0 Å². The highest BCUT2D eigenvalue weighted by molar-refractivity contribution is 7.85. The van der Waals surface area contributed by atoms with Crippen LogP contribution in [0.4, 0.5) is 17.5 Å². The lowest BCUT2D eigenvalue weighted by Gasteiger charge is -2.32. The molecular weight excluding hydrogens is 410 g/mol. The Balaban J connectivity index is 1.20. The maximum Gasteiger partial charge on any atom is 0.227 e. The molecule has 31 heavy (non-hydrogen) atoms. The predicted octanol–water partition coefficient (Wildman–Crippen LogP) is 2.62. The second kappa shape index (κ2) is 7.38. The predicted molar refractivity (Wildman–Crippen MR) is 122 cm³/mol. The van der Waals surface area contributed by atoms with E-state index in [4.69, 9.17) is 15.0 Å². The third-order valence-electron chi connectivity index (χ3n) is 7.09. The van der Waals surface area contributed by atoms with Gasteiger partial charge in [-0.3, -0.25) is 9.20 Å². The van der Waals surface area contributed by atoms with Gasteiger partial charge in [0.1, 0.15) is 10.7 Å². The van der Waals surface area contributed by atoms with Crippen molar-refractivity contribution in [1.82, 2.24) is 9.97 Å². The van der Waals surface area contributed by atoms with Crippen LogP contribution in [0.1, 0.15) is 36.9 Å². The maximum atomic E-state index is 12.6. The molecule has 2 aromatic rings. The lowest BCUT2D eigenvalue weighted by Crippen LogP contribution is -2.38. The number of anilines is 2. The number of hydrogen-bond donors (Lipinski definition) is 2. The minimum Gasteiger partial charge on any atom is -0.394 e. The molecule has 7 nitrogen and oxygen atoms in total. The highest BCUT2D eigenvalue weighted by Gasteiger charge is 2.44. The van der Waals surface area contributed by atoms with E-state index in [0.717, 1.165) is 73.8 Å². The van der Waals surface area contributed by atoms with E-state index in [0.29, 0.717) is 17.5 Å². The van der Waals surface area contributed by atoms with Gasteiger partial charge in [0.05, 0.1) is 34.3 Å². The number of aryl methyl sites for hydroxylation is 1. The van der Waals surface area contributed by atoms with Crippen molar-refractivity contribution in [2.24, 2.45) is 10.9 Å². The van der Waals surface area contributed by atoms with E-state index in [1.165, 1.54) is 11.3 Å². The number of piperidine rings is 1. The standard InChI is InChI=1S/C23H27N5O2S/c29-14-23(8-9-23)27-21-20-18(7-12-31(20)30)25-22(26-21)28-10-5-15(6-11-28)19-13-16-3-1-2-4-17(16)24-19/h1-4,15,29H,5-14H2,(H,25,26,27). The molecule has 0 bridgehead atoms. The van der Waals surface area contributed by atoms with Gasteiger partial charge in [-0.2, -0.15) is 4.98 Å². The largest absolute Gasteiger partial charge is 0.394 e. The van der Waals surface area contributed by atoms with Crippen LogP contribution in [0.25, 0.3) is 0 Å². The van der Waals surface area contributed by atoms with Crippen molar-refractivity contribution < 1.29 is 9.32 Å². The van der Waals surface area contributed by atoms with Crippen molar-refractivity contribution in [2.45, 2.75) is 49.0 Å². The van der Waals surface area contributed by atoms with Crippen LogP contribution < -0.4 is 10.2 Å². The first-order valence-electron chi connectivity index (χ1n) is 11.2. The molecule has 2 fully saturated rings. The first-order valence-corrected chi connectivity index (χ1v) is 12.5. The van der Waals surface area contributed by atoms with Crippen LogP contribution in [-0.2, 0) is 23.6 Å². The third kappa shape index (κ3) is 3.46. The molecule has 3 aliphatic heterocycles. The first kappa shape index (κ1) is 19.4. The molecule has 0 spiro atoms. The van der Waals surface area contributed by atoms with E-state index in [9.17, 15) is 9.32 Å². The minimum absolute atomic E-state index is 0.0731. The molecule has 0 amide bonds. The van der Waals surface area contributed by atoms with Gasteiger partial charge in [-0.15, -0.1) is 0 Å². The quantitative estimate of drug-likeness (QED) is 0.747. The van der Waals surface area contributed by atoms with E-state index in [-0.39, 0.29) is 12.1 Å². The summed E-state index contributed by atoms with van der Waals surface area (Å²) in [4.78, 5) is 17.5. The van der Waals surface area contributed by atoms with Gasteiger partial charge in [0.2, 0.25) is 5.95 Å². The van der Waals surface area contributed by atoms with Gasteiger partial charge >= 0.3 is 0 Å². The normalized spacial score (nSPS) is 24.0. The number of aliphatic hydroxyl groups is 1. The Morgan fingerprint density at radius 3 is 2.74 bits per heavy atom. The number of aliphatic hydroxyl groups excluding tert-OH is 1. The Bertz CT molecular complexity index is 1090. The Hall–Kier alpha value is -2.32. The number of aliphatic imine (C=N–C) groups is 1. The van der Waals surface area contributed by atoms with Crippen molar-refractivity contribution >= 4 is 34.0 Å². The Kier molecular flexibility index (Phi) is 4.61. The van der Waals surface area contributed by atoms with Crippen molar-refractivity contribution in [3.63, 3.8) is 0 Å². The van der Waals surface area contributed by atoms with Crippen LogP contribution >= 0.6 is 0 Å². The zero-order chi connectivity index (χ0) is 21.0. The van der Waals surface area contributed by atoms with Gasteiger partial charge < -0.3 is 15.3 Å². The summed E-state index contributed by atoms with van der Waals surface area (Å²) in [5, 5.41) is 13.2. The number of benzene rings is 1. The van der Waals surface area contributed by atoms with Crippen LogP contribution in [-0.4, -0.2) is 56.0 Å². The minimum atomic E-state index is -1.06. The molecule has 4 heterocycles. The van der Waals surface area contributed by atoms with E-state index >= 15 is 0 Å². The van der Waals surface area contributed by atoms with Crippen LogP contribution in [0, 0.1) is 5.92 Å². The Morgan fingerprint density at radius 2 is 2.00 bits per heavy atom. The second-order valence-corrected chi connectivity index (χ2v) is 10.7. The molecule has 4 aliphatic rings. The molecule has 1 aromatic heterocycles. The number of nitrogens with one attached hydrogen (secondary N) is 1. The lowest BCUT2D eigenvalue weighted by atomic mass is 9.90. The van der Waals surface area contributed by atoms with E-state index < -0.39 is 10.8 Å². The van der Waals surface area contributed by atoms with Crippen molar-refractivity contribution in [1.29, 1.82) is 0 Å². The molecule has 1 aliphatic carbocycles. The summed E-state index contributed by atoms with van der Waals surface area (Å²) in [7, 11) is -1.06. The van der Waals surface area contributed by atoms with E-state index in [1.54, 1.807) is 0 Å². The number of para-hydroxylation sites is 1. The highest BCUT2D eigenvalue weighted by atomic mass is 32.2. The molecule has 2 N–H and O–H groups in total. The summed E-state index contributed by atoms with van der Waals surface area (Å²) >= 11 is 0. The lowest BCUT2D eigenvalue weighted by molar-refractivity contribution is 0.265. The molecule has 0 radical (unpaired) electrons. The molecule has 1 unspecified atom stereocenters. The molecule has 8 heteroatoms. The van der Waals surface area contributed by atoms with Gasteiger partial charge in [-0.25, -0.2) is 4.98 Å². The number of fused-ring (bicyclic) bond motifs is 2. The van der Waals surface area contributed by atoms with Crippen LogP contribution in [0.3, 0.4) is 0 Å². The summed E-state index contributed by atoms with van der Waals surface area (Å²) in [6.45, 7) is 1.86. The van der Waals surface area contributed by atoms with Gasteiger partial charge in [0.25, 0.3) is 0 Å². The second-order valence-electron chi connectivity index (χ2n) is 9.18. The summed E-state index contributed by atoms with van der Waals surface area (Å²) in [5.41, 5.74) is 4.38. The molecule has 1 aromatic carbocycles. The number of hydrogen-bond acceptors (Lipinski definition) is 7. The van der Waals surface area contributed by atoms with Crippen LogP contribution in [0.15, 0.2) is 34.2 Å². The molecular formula is C23H27N5O2S. The average Bonchev–Trinajstić information content (AvgIpc) is 3.26. The fraction of sp³-hybridized carbons (Fsp3) is 0.522. The topological polar surface area (TPSA) is 90.7 Å². The van der Waals surface area contributed by atoms with Gasteiger partial charge in [-0.05, 0) is 37.3 Å². The fourth-order valence-corrected chi connectivity index (χ4v) is 6.25. The van der Waals surface area contributed by atoms with Crippen molar-refractivity contribution in [3.05, 3.63) is 35.5 Å². The monoisotopic (exact) mass is 437 g/mol. The zero-order valence-corrected chi connectivity index (χ0v) is 18.3. The smallest absolute Gasteiger partial charge is 0.227 e. The Labute approximate surface area is 184 Å². The molecule has 1 atom stereocenters. The average molecular weight is 438 g/mol. The summed E-state index contributed by atoms with van der Waals surface area (Å²) in [6.07, 6.45) is 5.62. The van der Waals surface area contributed by atoms with Gasteiger partial charge in [-0.1, -0.05) is 18.2 Å². The highest BCUT2D eigenvalue weighted by Crippen LogP contribution is 2.41. The van der Waals surface area contributed by atoms with E-state index in [2.05, 4.69) is 34.5 Å². The van der Waals surface area contributed by atoms with Crippen LogP contribution in [0.5, 0.6) is 0 Å². The fourth-order valence-electron chi connectivity index (χ4n) is 4.94. The zero-order valence-electron chi connectivity index (χ0n) is 17.5. The molecule has 1 saturated heterocycles. The van der Waals surface area contributed by atoms with Gasteiger partial charge in [0.15, 0.2) is 0 Å². The summed E-state index contributed by atoms with van der Waals surface area (Å²) in [5.74, 6) is 2.51. The van der Waals surface area contributed by atoms with Gasteiger partial charge in [0, 0.05) is 43.3 Å². The third-order valence-corrected chi connectivity index (χ3v) is 8.55. The summed E-state index contributed by atoms with van der Waals surface area (Å²) in [6, 6.07) is 8.43. The molecule has 6 rings (SSSR count). The molecule has 162 valence electrons. The maximum absolute atomic E-state index is 12.6. The van der Waals surface area contributed by atoms with Crippen molar-refractivity contribution in [2.75, 3.05) is 35.7 Å². The number of aromatic nitrogens is 2. The number of nitrogens with zero attached hydrogens (tertiary/aromatic N) is 4. The molecule has 1 saturated carbocycles.